The third-order valence-corrected chi connectivity index (χ3v) is 4.28. The molecular formula is C15H19BrN2O2. The molecule has 2 N–H and O–H groups in total. The van der Waals surface area contributed by atoms with Crippen molar-refractivity contribution in [3.8, 4) is 0 Å². The minimum Gasteiger partial charge on any atom is -0.371 e. The van der Waals surface area contributed by atoms with Gasteiger partial charge in [-0.3, -0.25) is 9.59 Å². The summed E-state index contributed by atoms with van der Waals surface area (Å²) in [6.07, 6.45) is 2.34. The van der Waals surface area contributed by atoms with Gasteiger partial charge in [0, 0.05) is 35.2 Å². The standard InChI is InChI=1S/C15H19BrN2O2/c1-10(19)13-3-2-12(16)9-14(13)18-6-4-11(5-7-18)8-15(17)20/h2-3,9,11H,4-8H2,1H3,(H2,17,20). The number of primary amides is 1. The van der Waals surface area contributed by atoms with Gasteiger partial charge in [0.2, 0.25) is 5.91 Å². The number of ketones is 1. The Morgan fingerprint density at radius 2 is 2.00 bits per heavy atom. The monoisotopic (exact) mass is 338 g/mol. The molecule has 0 atom stereocenters. The van der Waals surface area contributed by atoms with Crippen molar-refractivity contribution in [1.82, 2.24) is 0 Å². The van der Waals surface area contributed by atoms with Crippen molar-refractivity contribution in [1.29, 1.82) is 0 Å². The van der Waals surface area contributed by atoms with Gasteiger partial charge in [0.25, 0.3) is 0 Å². The number of hydrogen-bond acceptors (Lipinski definition) is 3. The molecule has 0 aromatic heterocycles. The maximum atomic E-state index is 11.7. The lowest BCUT2D eigenvalue weighted by molar-refractivity contribution is -0.119. The largest absolute Gasteiger partial charge is 0.371 e. The van der Waals surface area contributed by atoms with E-state index in [9.17, 15) is 9.59 Å². The predicted molar refractivity (Wildman–Crippen MR) is 82.9 cm³/mol. The SMILES string of the molecule is CC(=O)c1ccc(Br)cc1N1CCC(CC(N)=O)CC1. The number of nitrogens with two attached hydrogens (primary N) is 1. The van der Waals surface area contributed by atoms with Gasteiger partial charge in [-0.05, 0) is 43.9 Å². The minimum absolute atomic E-state index is 0.0757. The van der Waals surface area contributed by atoms with Crippen molar-refractivity contribution in [2.24, 2.45) is 11.7 Å². The average Bonchev–Trinajstić information content (AvgIpc) is 2.38. The first-order chi connectivity index (χ1) is 9.47. The molecule has 1 fully saturated rings. The lowest BCUT2D eigenvalue weighted by atomic mass is 9.92. The maximum absolute atomic E-state index is 11.7. The van der Waals surface area contributed by atoms with Crippen LogP contribution >= 0.6 is 15.9 Å². The Morgan fingerprint density at radius 3 is 2.55 bits per heavy atom. The molecule has 5 heteroatoms. The van der Waals surface area contributed by atoms with Crippen LogP contribution in [0.3, 0.4) is 0 Å². The summed E-state index contributed by atoms with van der Waals surface area (Å²) in [4.78, 5) is 24.9. The van der Waals surface area contributed by atoms with E-state index in [1.807, 2.05) is 18.2 Å². The summed E-state index contributed by atoms with van der Waals surface area (Å²) in [6, 6.07) is 5.74. The first kappa shape index (κ1) is 15.0. The summed E-state index contributed by atoms with van der Waals surface area (Å²) in [6.45, 7) is 3.30. The Morgan fingerprint density at radius 1 is 1.35 bits per heavy atom. The zero-order valence-corrected chi connectivity index (χ0v) is 13.1. The number of benzene rings is 1. The highest BCUT2D eigenvalue weighted by molar-refractivity contribution is 9.10. The Balaban J connectivity index is 2.12. The number of amides is 1. The highest BCUT2D eigenvalue weighted by atomic mass is 79.9. The quantitative estimate of drug-likeness (QED) is 0.858. The first-order valence-corrected chi connectivity index (χ1v) is 7.60. The number of hydrogen-bond donors (Lipinski definition) is 1. The Kier molecular flexibility index (Phi) is 4.81. The molecule has 1 saturated heterocycles. The van der Waals surface area contributed by atoms with E-state index in [4.69, 9.17) is 5.73 Å². The van der Waals surface area contributed by atoms with Gasteiger partial charge in [0.05, 0.1) is 0 Å². The summed E-state index contributed by atoms with van der Waals surface area (Å²) < 4.78 is 0.969. The van der Waals surface area contributed by atoms with Crippen LogP contribution in [0.5, 0.6) is 0 Å². The number of anilines is 1. The fraction of sp³-hybridized carbons (Fsp3) is 0.467. The van der Waals surface area contributed by atoms with E-state index in [-0.39, 0.29) is 11.7 Å². The van der Waals surface area contributed by atoms with Crippen molar-refractivity contribution in [2.45, 2.75) is 26.2 Å². The average molecular weight is 339 g/mol. The van der Waals surface area contributed by atoms with E-state index in [1.165, 1.54) is 0 Å². The van der Waals surface area contributed by atoms with Crippen molar-refractivity contribution in [2.75, 3.05) is 18.0 Å². The Bertz CT molecular complexity index is 523. The second-order valence-corrected chi connectivity index (χ2v) is 6.23. The molecule has 1 aliphatic heterocycles. The molecule has 0 bridgehead atoms. The molecule has 0 spiro atoms. The van der Waals surface area contributed by atoms with Gasteiger partial charge < -0.3 is 10.6 Å². The molecule has 1 heterocycles. The molecule has 2 rings (SSSR count). The van der Waals surface area contributed by atoms with E-state index >= 15 is 0 Å². The van der Waals surface area contributed by atoms with Crippen molar-refractivity contribution in [3.05, 3.63) is 28.2 Å². The fourth-order valence-electron chi connectivity index (χ4n) is 2.73. The topological polar surface area (TPSA) is 63.4 Å². The third kappa shape index (κ3) is 3.60. The number of carbonyl (C=O) groups is 2. The Hall–Kier alpha value is -1.36. The number of carbonyl (C=O) groups excluding carboxylic acids is 2. The number of rotatable bonds is 4. The van der Waals surface area contributed by atoms with Crippen LogP contribution in [0.1, 0.15) is 36.5 Å². The van der Waals surface area contributed by atoms with E-state index in [2.05, 4.69) is 20.8 Å². The minimum atomic E-state index is -0.227. The number of halogens is 1. The lowest BCUT2D eigenvalue weighted by Crippen LogP contribution is -2.35. The normalized spacial score (nSPS) is 16.2. The van der Waals surface area contributed by atoms with Crippen LogP contribution in [0, 0.1) is 5.92 Å². The Labute approximate surface area is 127 Å². The second kappa shape index (κ2) is 6.39. The molecule has 1 aromatic rings. The van der Waals surface area contributed by atoms with Gasteiger partial charge in [0.15, 0.2) is 5.78 Å². The van der Waals surface area contributed by atoms with E-state index in [0.717, 1.165) is 41.7 Å². The van der Waals surface area contributed by atoms with E-state index in [1.54, 1.807) is 6.92 Å². The second-order valence-electron chi connectivity index (χ2n) is 5.32. The molecule has 0 radical (unpaired) electrons. The third-order valence-electron chi connectivity index (χ3n) is 3.78. The van der Waals surface area contributed by atoms with Crippen molar-refractivity contribution < 1.29 is 9.59 Å². The highest BCUT2D eigenvalue weighted by Gasteiger charge is 2.23. The molecule has 4 nitrogen and oxygen atoms in total. The highest BCUT2D eigenvalue weighted by Crippen LogP contribution is 2.30. The zero-order chi connectivity index (χ0) is 14.7. The van der Waals surface area contributed by atoms with Crippen molar-refractivity contribution in [3.63, 3.8) is 0 Å². The van der Waals surface area contributed by atoms with Crippen LogP contribution in [0.15, 0.2) is 22.7 Å². The molecule has 0 unspecified atom stereocenters. The molecule has 1 aliphatic rings. The molecule has 108 valence electrons. The van der Waals surface area contributed by atoms with Gasteiger partial charge in [-0.25, -0.2) is 0 Å². The summed E-state index contributed by atoms with van der Waals surface area (Å²) in [5.41, 5.74) is 6.98. The van der Waals surface area contributed by atoms with Crippen LogP contribution in [-0.2, 0) is 4.79 Å². The van der Waals surface area contributed by atoms with Crippen LogP contribution in [0.2, 0.25) is 0 Å². The van der Waals surface area contributed by atoms with Gasteiger partial charge in [-0.2, -0.15) is 0 Å². The van der Waals surface area contributed by atoms with Crippen molar-refractivity contribution >= 4 is 33.3 Å². The number of nitrogens with zero attached hydrogens (tertiary/aromatic N) is 1. The van der Waals surface area contributed by atoms with E-state index < -0.39 is 0 Å². The number of Topliss-reactive ketones (excluding diaryl/α,β-unsaturated/α-hetero) is 1. The van der Waals surface area contributed by atoms with Crippen LogP contribution in [-0.4, -0.2) is 24.8 Å². The van der Waals surface area contributed by atoms with E-state index in [0.29, 0.717) is 12.3 Å². The maximum Gasteiger partial charge on any atom is 0.217 e. The molecule has 1 amide bonds. The molecule has 20 heavy (non-hydrogen) atoms. The molecule has 1 aromatic carbocycles. The predicted octanol–water partition coefficient (Wildman–Crippen LogP) is 2.74. The summed E-state index contributed by atoms with van der Waals surface area (Å²) >= 11 is 3.46. The molecule has 0 aliphatic carbocycles. The zero-order valence-electron chi connectivity index (χ0n) is 11.6. The molecule has 0 saturated carbocycles. The lowest BCUT2D eigenvalue weighted by Gasteiger charge is -2.34. The van der Waals surface area contributed by atoms with Gasteiger partial charge in [0.1, 0.15) is 0 Å². The summed E-state index contributed by atoms with van der Waals surface area (Å²) in [7, 11) is 0. The van der Waals surface area contributed by atoms with Crippen LogP contribution in [0.25, 0.3) is 0 Å². The first-order valence-electron chi connectivity index (χ1n) is 6.81. The van der Waals surface area contributed by atoms with Gasteiger partial charge >= 0.3 is 0 Å². The van der Waals surface area contributed by atoms with Crippen LogP contribution in [0.4, 0.5) is 5.69 Å². The molecular weight excluding hydrogens is 320 g/mol. The van der Waals surface area contributed by atoms with Crippen LogP contribution < -0.4 is 10.6 Å². The fourth-order valence-corrected chi connectivity index (χ4v) is 3.08. The van der Waals surface area contributed by atoms with Gasteiger partial charge in [-0.1, -0.05) is 15.9 Å². The summed E-state index contributed by atoms with van der Waals surface area (Å²) in [5.74, 6) is 0.221. The van der Waals surface area contributed by atoms with Gasteiger partial charge in [-0.15, -0.1) is 0 Å². The summed E-state index contributed by atoms with van der Waals surface area (Å²) in [5, 5.41) is 0. The number of piperidine rings is 1. The smallest absolute Gasteiger partial charge is 0.217 e.